The summed E-state index contributed by atoms with van der Waals surface area (Å²) in [6.45, 7) is 5.11. The first-order valence-electron chi connectivity index (χ1n) is 6.59. The van der Waals surface area contributed by atoms with E-state index in [0.29, 0.717) is 0 Å². The molecule has 1 N–H and O–H groups in total. The fourth-order valence-electron chi connectivity index (χ4n) is 1.97. The Morgan fingerprint density at radius 3 is 2.74 bits per heavy atom. The average Bonchev–Trinajstić information content (AvgIpc) is 2.83. The number of aromatic nitrogens is 1. The van der Waals surface area contributed by atoms with Crippen molar-refractivity contribution in [3.63, 3.8) is 0 Å². The van der Waals surface area contributed by atoms with E-state index in [2.05, 4.69) is 33.2 Å². The molecule has 0 aliphatic rings. The minimum absolute atomic E-state index is 0.183. The molecule has 19 heavy (non-hydrogen) atoms. The summed E-state index contributed by atoms with van der Waals surface area (Å²) in [5.41, 5.74) is 1.06. The Labute approximate surface area is 122 Å². The van der Waals surface area contributed by atoms with Gasteiger partial charge in [-0.3, -0.25) is 4.98 Å². The Kier molecular flexibility index (Phi) is 5.16. The predicted octanol–water partition coefficient (Wildman–Crippen LogP) is 4.03. The summed E-state index contributed by atoms with van der Waals surface area (Å²) in [5.74, 6) is 1.93. The first-order valence-corrected chi connectivity index (χ1v) is 7.38. The molecule has 0 saturated carbocycles. The summed E-state index contributed by atoms with van der Waals surface area (Å²) in [7, 11) is 0. The fourth-order valence-corrected chi connectivity index (χ4v) is 2.20. The van der Waals surface area contributed by atoms with Gasteiger partial charge in [0, 0.05) is 22.8 Å². The number of nitrogens with one attached hydrogen (secondary N) is 1. The molecule has 1 unspecified atom stereocenters. The van der Waals surface area contributed by atoms with Gasteiger partial charge >= 0.3 is 0 Å². The van der Waals surface area contributed by atoms with E-state index in [1.807, 2.05) is 37.4 Å². The van der Waals surface area contributed by atoms with Crippen LogP contribution in [-0.2, 0) is 6.42 Å². The molecule has 0 spiro atoms. The molecule has 2 aromatic heterocycles. The largest absolute Gasteiger partial charge is 0.465 e. The van der Waals surface area contributed by atoms with Gasteiger partial charge in [0.25, 0.3) is 0 Å². The van der Waals surface area contributed by atoms with Crippen LogP contribution in [0, 0.1) is 6.92 Å². The lowest BCUT2D eigenvalue weighted by Crippen LogP contribution is -2.24. The van der Waals surface area contributed by atoms with Crippen molar-refractivity contribution in [2.75, 3.05) is 6.54 Å². The average molecular weight is 323 g/mol. The highest BCUT2D eigenvalue weighted by Crippen LogP contribution is 2.20. The molecule has 102 valence electrons. The van der Waals surface area contributed by atoms with E-state index in [4.69, 9.17) is 4.42 Å². The van der Waals surface area contributed by atoms with E-state index in [1.54, 1.807) is 0 Å². The number of hydrogen-bond acceptors (Lipinski definition) is 3. The normalized spacial score (nSPS) is 12.6. The number of halogens is 1. The molecule has 2 rings (SSSR count). The van der Waals surface area contributed by atoms with E-state index in [1.165, 1.54) is 0 Å². The number of pyridine rings is 1. The minimum Gasteiger partial charge on any atom is -0.465 e. The molecule has 0 saturated heterocycles. The molecule has 3 nitrogen and oxygen atoms in total. The molecule has 0 aromatic carbocycles. The van der Waals surface area contributed by atoms with Gasteiger partial charge in [-0.15, -0.1) is 0 Å². The Morgan fingerprint density at radius 2 is 2.16 bits per heavy atom. The van der Waals surface area contributed by atoms with Gasteiger partial charge in [-0.2, -0.15) is 0 Å². The second-order valence-corrected chi connectivity index (χ2v) is 5.54. The van der Waals surface area contributed by atoms with E-state index >= 15 is 0 Å². The quantitative estimate of drug-likeness (QED) is 0.872. The zero-order chi connectivity index (χ0) is 13.7. The van der Waals surface area contributed by atoms with Crippen molar-refractivity contribution in [1.82, 2.24) is 10.3 Å². The molecule has 0 bridgehead atoms. The maximum Gasteiger partial charge on any atom is 0.121 e. The minimum atomic E-state index is 0.183. The van der Waals surface area contributed by atoms with Crippen molar-refractivity contribution < 1.29 is 4.42 Å². The van der Waals surface area contributed by atoms with Crippen LogP contribution >= 0.6 is 15.9 Å². The van der Waals surface area contributed by atoms with Crippen LogP contribution in [0.2, 0.25) is 0 Å². The molecule has 0 amide bonds. The lowest BCUT2D eigenvalue weighted by molar-refractivity contribution is 0.396. The van der Waals surface area contributed by atoms with Gasteiger partial charge in [0.1, 0.15) is 11.5 Å². The molecule has 2 aromatic rings. The highest BCUT2D eigenvalue weighted by Gasteiger charge is 2.15. The summed E-state index contributed by atoms with van der Waals surface area (Å²) >= 11 is 3.41. The topological polar surface area (TPSA) is 38.1 Å². The smallest absolute Gasteiger partial charge is 0.121 e. The summed E-state index contributed by atoms with van der Waals surface area (Å²) in [5, 5.41) is 3.52. The third-order valence-electron chi connectivity index (χ3n) is 2.95. The second kappa shape index (κ2) is 6.87. The van der Waals surface area contributed by atoms with E-state index in [-0.39, 0.29) is 6.04 Å². The van der Waals surface area contributed by atoms with Crippen molar-refractivity contribution in [2.24, 2.45) is 0 Å². The second-order valence-electron chi connectivity index (χ2n) is 4.63. The summed E-state index contributed by atoms with van der Waals surface area (Å²) < 4.78 is 6.74. The summed E-state index contributed by atoms with van der Waals surface area (Å²) in [6.07, 6.45) is 3.77. The predicted molar refractivity (Wildman–Crippen MR) is 80.1 cm³/mol. The van der Waals surface area contributed by atoms with Gasteiger partial charge in [0.05, 0.1) is 6.04 Å². The molecule has 0 fully saturated rings. The van der Waals surface area contributed by atoms with Crippen LogP contribution in [0.1, 0.15) is 36.6 Å². The molecule has 2 heterocycles. The summed E-state index contributed by atoms with van der Waals surface area (Å²) in [4.78, 5) is 4.43. The van der Waals surface area contributed by atoms with Gasteiger partial charge < -0.3 is 9.73 Å². The monoisotopic (exact) mass is 322 g/mol. The lowest BCUT2D eigenvalue weighted by atomic mass is 10.1. The fraction of sp³-hybridized carbons (Fsp3) is 0.400. The van der Waals surface area contributed by atoms with Crippen LogP contribution in [0.15, 0.2) is 39.4 Å². The summed E-state index contributed by atoms with van der Waals surface area (Å²) in [6, 6.07) is 8.29. The lowest BCUT2D eigenvalue weighted by Gasteiger charge is -2.16. The number of aryl methyl sites for hydroxylation is 1. The maximum absolute atomic E-state index is 5.74. The number of furan rings is 1. The van der Waals surface area contributed by atoms with Crippen molar-refractivity contribution in [3.05, 3.63) is 52.1 Å². The zero-order valence-electron chi connectivity index (χ0n) is 11.3. The Bertz CT molecular complexity index is 507. The van der Waals surface area contributed by atoms with Crippen LogP contribution in [-0.4, -0.2) is 11.5 Å². The Balaban J connectivity index is 2.11. The zero-order valence-corrected chi connectivity index (χ0v) is 12.9. The van der Waals surface area contributed by atoms with Gasteiger partial charge in [0.15, 0.2) is 0 Å². The van der Waals surface area contributed by atoms with Gasteiger partial charge in [-0.1, -0.05) is 6.92 Å². The number of nitrogens with zero attached hydrogens (tertiary/aromatic N) is 1. The van der Waals surface area contributed by atoms with Crippen molar-refractivity contribution in [3.8, 4) is 0 Å². The maximum atomic E-state index is 5.74. The van der Waals surface area contributed by atoms with Crippen LogP contribution in [0.4, 0.5) is 0 Å². The SMILES string of the molecule is CCCNC(Cc1ccc(Br)cn1)c1ccc(C)o1. The molecular weight excluding hydrogens is 304 g/mol. The molecule has 0 aliphatic carbocycles. The van der Waals surface area contributed by atoms with Crippen LogP contribution in [0.5, 0.6) is 0 Å². The number of rotatable bonds is 6. The van der Waals surface area contributed by atoms with Crippen molar-refractivity contribution in [2.45, 2.75) is 32.7 Å². The highest BCUT2D eigenvalue weighted by molar-refractivity contribution is 9.10. The first kappa shape index (κ1) is 14.3. The standard InChI is InChI=1S/C15H19BrN2O/c1-3-8-17-14(15-7-4-11(2)19-15)9-13-6-5-12(16)10-18-13/h4-7,10,14,17H,3,8-9H2,1-2H3. The third-order valence-corrected chi connectivity index (χ3v) is 3.42. The third kappa shape index (κ3) is 4.18. The van der Waals surface area contributed by atoms with E-state index < -0.39 is 0 Å². The number of hydrogen-bond donors (Lipinski definition) is 1. The highest BCUT2D eigenvalue weighted by atomic mass is 79.9. The molecular formula is C15H19BrN2O. The van der Waals surface area contributed by atoms with Crippen LogP contribution in [0.25, 0.3) is 0 Å². The molecule has 0 radical (unpaired) electrons. The van der Waals surface area contributed by atoms with Gasteiger partial charge in [0.2, 0.25) is 0 Å². The molecule has 0 aliphatic heterocycles. The van der Waals surface area contributed by atoms with E-state index in [9.17, 15) is 0 Å². The first-order chi connectivity index (χ1) is 9.19. The molecule has 1 atom stereocenters. The van der Waals surface area contributed by atoms with Crippen LogP contribution < -0.4 is 5.32 Å². The van der Waals surface area contributed by atoms with Crippen molar-refractivity contribution >= 4 is 15.9 Å². The van der Waals surface area contributed by atoms with Crippen LogP contribution in [0.3, 0.4) is 0 Å². The van der Waals surface area contributed by atoms with Gasteiger partial charge in [-0.05, 0) is 60.1 Å². The van der Waals surface area contributed by atoms with Gasteiger partial charge in [-0.25, -0.2) is 0 Å². The molecule has 4 heteroatoms. The Morgan fingerprint density at radius 1 is 1.32 bits per heavy atom. The Hall–Kier alpha value is -1.13. The van der Waals surface area contributed by atoms with Crippen molar-refractivity contribution in [1.29, 1.82) is 0 Å². The van der Waals surface area contributed by atoms with E-state index in [0.717, 1.165) is 41.1 Å².